The van der Waals surface area contributed by atoms with Crippen molar-refractivity contribution in [2.75, 3.05) is 5.75 Å². The van der Waals surface area contributed by atoms with Crippen LogP contribution in [0.5, 0.6) is 0 Å². The van der Waals surface area contributed by atoms with Crippen LogP contribution in [0.1, 0.15) is 12.7 Å². The predicted molar refractivity (Wildman–Crippen MR) is 64.5 cm³/mol. The molecule has 88 valence electrons. The molecule has 2 aromatic rings. The Hall–Kier alpha value is -1.74. The molecule has 0 aliphatic heterocycles. The Morgan fingerprint density at radius 3 is 2.94 bits per heavy atom. The standard InChI is InChI=1S/C11H12N4OS/c1-3-15-10(9-4-6-16-8(9)2)13-14-11(15)17-7-5-12/h4,6H,3,7H2,1-2H3. The zero-order valence-electron chi connectivity index (χ0n) is 9.67. The first kappa shape index (κ1) is 11.7. The van der Waals surface area contributed by atoms with Crippen molar-refractivity contribution in [3.8, 4) is 17.5 Å². The maximum absolute atomic E-state index is 8.58. The van der Waals surface area contributed by atoms with Gasteiger partial charge in [0.25, 0.3) is 0 Å². The van der Waals surface area contributed by atoms with Crippen molar-refractivity contribution in [2.45, 2.75) is 25.5 Å². The molecule has 17 heavy (non-hydrogen) atoms. The van der Waals surface area contributed by atoms with Crippen molar-refractivity contribution in [1.29, 1.82) is 5.26 Å². The van der Waals surface area contributed by atoms with Crippen molar-refractivity contribution < 1.29 is 4.42 Å². The summed E-state index contributed by atoms with van der Waals surface area (Å²) in [6, 6.07) is 3.97. The molecule has 2 aromatic heterocycles. The number of aromatic nitrogens is 3. The summed E-state index contributed by atoms with van der Waals surface area (Å²) in [5.41, 5.74) is 0.947. The molecule has 0 aliphatic rings. The highest BCUT2D eigenvalue weighted by molar-refractivity contribution is 7.99. The van der Waals surface area contributed by atoms with Gasteiger partial charge in [0.1, 0.15) is 5.76 Å². The number of hydrogen-bond acceptors (Lipinski definition) is 5. The third kappa shape index (κ3) is 2.19. The topological polar surface area (TPSA) is 67.6 Å². The second-order valence-electron chi connectivity index (χ2n) is 3.39. The van der Waals surface area contributed by atoms with Gasteiger partial charge in [-0.3, -0.25) is 0 Å². The Morgan fingerprint density at radius 2 is 2.35 bits per heavy atom. The van der Waals surface area contributed by atoms with Crippen LogP contribution in [0.3, 0.4) is 0 Å². The minimum Gasteiger partial charge on any atom is -0.469 e. The van der Waals surface area contributed by atoms with Gasteiger partial charge in [0.15, 0.2) is 11.0 Å². The molecule has 0 amide bonds. The molecule has 2 heterocycles. The molecule has 0 unspecified atom stereocenters. The quantitative estimate of drug-likeness (QED) is 0.777. The van der Waals surface area contributed by atoms with Crippen LogP contribution >= 0.6 is 11.8 Å². The van der Waals surface area contributed by atoms with Gasteiger partial charge in [0.2, 0.25) is 0 Å². The Labute approximate surface area is 103 Å². The summed E-state index contributed by atoms with van der Waals surface area (Å²) >= 11 is 1.39. The first-order valence-corrected chi connectivity index (χ1v) is 6.24. The molecule has 0 atom stereocenters. The summed E-state index contributed by atoms with van der Waals surface area (Å²) in [6.07, 6.45) is 1.64. The van der Waals surface area contributed by atoms with E-state index in [9.17, 15) is 0 Å². The summed E-state index contributed by atoms with van der Waals surface area (Å²) in [6.45, 7) is 4.69. The van der Waals surface area contributed by atoms with E-state index in [0.717, 1.165) is 28.8 Å². The molecule has 2 rings (SSSR count). The molecule has 0 aliphatic carbocycles. The van der Waals surface area contributed by atoms with Crippen LogP contribution in [0.15, 0.2) is 21.9 Å². The number of aryl methyl sites for hydroxylation is 1. The summed E-state index contributed by atoms with van der Waals surface area (Å²) in [7, 11) is 0. The molecule has 0 aromatic carbocycles. The van der Waals surface area contributed by atoms with Crippen molar-refractivity contribution in [3.05, 3.63) is 18.1 Å². The normalized spacial score (nSPS) is 10.4. The monoisotopic (exact) mass is 248 g/mol. The second kappa shape index (κ2) is 5.06. The number of thioether (sulfide) groups is 1. The fourth-order valence-corrected chi connectivity index (χ4v) is 2.26. The average molecular weight is 248 g/mol. The van der Waals surface area contributed by atoms with Crippen molar-refractivity contribution in [1.82, 2.24) is 14.8 Å². The van der Waals surface area contributed by atoms with Crippen molar-refractivity contribution in [3.63, 3.8) is 0 Å². The molecule has 0 N–H and O–H groups in total. The van der Waals surface area contributed by atoms with Gasteiger partial charge in [-0.05, 0) is 19.9 Å². The summed E-state index contributed by atoms with van der Waals surface area (Å²) in [4.78, 5) is 0. The van der Waals surface area contributed by atoms with Gasteiger partial charge in [-0.15, -0.1) is 10.2 Å². The van der Waals surface area contributed by atoms with E-state index in [4.69, 9.17) is 9.68 Å². The first-order chi connectivity index (χ1) is 8.27. The van der Waals surface area contributed by atoms with E-state index in [1.54, 1.807) is 6.26 Å². The van der Waals surface area contributed by atoms with Gasteiger partial charge in [0.05, 0.1) is 23.6 Å². The zero-order valence-corrected chi connectivity index (χ0v) is 10.5. The molecular weight excluding hydrogens is 236 g/mol. The van der Waals surface area contributed by atoms with Crippen molar-refractivity contribution >= 4 is 11.8 Å². The summed E-state index contributed by atoms with van der Waals surface area (Å²) < 4.78 is 7.25. The lowest BCUT2D eigenvalue weighted by molar-refractivity contribution is 0.534. The van der Waals surface area contributed by atoms with Crippen LogP contribution in [-0.4, -0.2) is 20.5 Å². The molecule has 6 heteroatoms. The Kier molecular flexibility index (Phi) is 3.49. The minimum absolute atomic E-state index is 0.377. The maximum atomic E-state index is 8.58. The highest BCUT2D eigenvalue weighted by Gasteiger charge is 2.15. The number of rotatable bonds is 4. The van der Waals surface area contributed by atoms with Gasteiger partial charge in [-0.1, -0.05) is 11.8 Å². The number of nitrogens with zero attached hydrogens (tertiary/aromatic N) is 4. The fourth-order valence-electron chi connectivity index (χ4n) is 1.59. The summed E-state index contributed by atoms with van der Waals surface area (Å²) in [5.74, 6) is 1.99. The third-order valence-corrected chi connectivity index (χ3v) is 3.23. The number of nitriles is 1. The van der Waals surface area contributed by atoms with E-state index in [-0.39, 0.29) is 0 Å². The molecule has 0 radical (unpaired) electrons. The second-order valence-corrected chi connectivity index (χ2v) is 4.33. The highest BCUT2D eigenvalue weighted by atomic mass is 32.2. The largest absolute Gasteiger partial charge is 0.469 e. The lowest BCUT2D eigenvalue weighted by Crippen LogP contribution is -1.99. The van der Waals surface area contributed by atoms with Crippen LogP contribution in [0.2, 0.25) is 0 Å². The Bertz CT molecular complexity index is 552. The smallest absolute Gasteiger partial charge is 0.192 e. The lowest BCUT2D eigenvalue weighted by atomic mass is 10.2. The van der Waals surface area contributed by atoms with Crippen LogP contribution in [0.4, 0.5) is 0 Å². The van der Waals surface area contributed by atoms with Gasteiger partial charge < -0.3 is 8.98 Å². The molecule has 5 nitrogen and oxygen atoms in total. The van der Waals surface area contributed by atoms with E-state index in [2.05, 4.69) is 16.3 Å². The molecular formula is C11H12N4OS. The van der Waals surface area contributed by atoms with E-state index in [0.29, 0.717) is 5.75 Å². The highest BCUT2D eigenvalue weighted by Crippen LogP contribution is 2.26. The van der Waals surface area contributed by atoms with Crippen LogP contribution < -0.4 is 0 Å². The van der Waals surface area contributed by atoms with Crippen molar-refractivity contribution in [2.24, 2.45) is 0 Å². The van der Waals surface area contributed by atoms with Crippen LogP contribution in [0, 0.1) is 18.3 Å². The Morgan fingerprint density at radius 1 is 1.53 bits per heavy atom. The lowest BCUT2D eigenvalue weighted by Gasteiger charge is -2.04. The molecule has 0 spiro atoms. The van der Waals surface area contributed by atoms with Gasteiger partial charge in [-0.2, -0.15) is 5.26 Å². The number of furan rings is 1. The summed E-state index contributed by atoms with van der Waals surface area (Å²) in [5, 5.41) is 17.6. The van der Waals surface area contributed by atoms with E-state index >= 15 is 0 Å². The van der Waals surface area contributed by atoms with E-state index in [1.165, 1.54) is 11.8 Å². The average Bonchev–Trinajstić information content (AvgIpc) is 2.91. The minimum atomic E-state index is 0.377. The third-order valence-electron chi connectivity index (χ3n) is 2.40. The van der Waals surface area contributed by atoms with E-state index in [1.807, 2.05) is 24.5 Å². The van der Waals surface area contributed by atoms with Gasteiger partial charge in [-0.25, -0.2) is 0 Å². The van der Waals surface area contributed by atoms with Crippen LogP contribution in [-0.2, 0) is 6.54 Å². The Balaban J connectivity index is 2.40. The molecule has 0 saturated carbocycles. The van der Waals surface area contributed by atoms with Gasteiger partial charge >= 0.3 is 0 Å². The zero-order chi connectivity index (χ0) is 12.3. The first-order valence-electron chi connectivity index (χ1n) is 5.25. The molecule has 0 bridgehead atoms. The van der Waals surface area contributed by atoms with E-state index < -0.39 is 0 Å². The van der Waals surface area contributed by atoms with Gasteiger partial charge in [0, 0.05) is 6.54 Å². The maximum Gasteiger partial charge on any atom is 0.192 e. The number of hydrogen-bond donors (Lipinski definition) is 0. The fraction of sp³-hybridized carbons (Fsp3) is 0.364. The molecule has 0 fully saturated rings. The SMILES string of the molecule is CCn1c(SCC#N)nnc1-c1ccoc1C. The van der Waals surface area contributed by atoms with Crippen LogP contribution in [0.25, 0.3) is 11.4 Å². The molecule has 0 saturated heterocycles. The predicted octanol–water partition coefficient (Wildman–Crippen LogP) is 2.48.